The number of aryl methyl sites for hydroxylation is 1. The number of nitrogens with zero attached hydrogens (tertiary/aromatic N) is 3. The fourth-order valence-corrected chi connectivity index (χ4v) is 3.85. The molecule has 3 aromatic rings. The van der Waals surface area contributed by atoms with Gasteiger partial charge in [0.2, 0.25) is 11.8 Å². The summed E-state index contributed by atoms with van der Waals surface area (Å²) in [5, 5.41) is 3.99. The molecular weight excluding hydrogens is 400 g/mol. The van der Waals surface area contributed by atoms with Crippen molar-refractivity contribution in [2.24, 2.45) is 5.92 Å². The Morgan fingerprint density at radius 2 is 1.97 bits per heavy atom. The molecule has 1 aliphatic rings. The maximum Gasteiger partial charge on any atom is 0.226 e. The van der Waals surface area contributed by atoms with Crippen molar-refractivity contribution < 1.29 is 9.21 Å². The van der Waals surface area contributed by atoms with Gasteiger partial charge in [-0.2, -0.15) is 0 Å². The zero-order valence-electron chi connectivity index (χ0n) is 17.0. The van der Waals surface area contributed by atoms with Crippen molar-refractivity contribution in [3.8, 4) is 11.5 Å². The number of piperidine rings is 1. The summed E-state index contributed by atoms with van der Waals surface area (Å²) < 4.78 is 5.90. The summed E-state index contributed by atoms with van der Waals surface area (Å²) in [5.41, 5.74) is 2.63. The molecule has 7 heteroatoms. The van der Waals surface area contributed by atoms with Crippen LogP contribution in [0.5, 0.6) is 0 Å². The van der Waals surface area contributed by atoms with Gasteiger partial charge >= 0.3 is 0 Å². The van der Waals surface area contributed by atoms with E-state index in [0.29, 0.717) is 29.8 Å². The number of halogens is 1. The number of oxazole rings is 1. The maximum absolute atomic E-state index is 13.3. The van der Waals surface area contributed by atoms with E-state index in [0.717, 1.165) is 42.8 Å². The van der Waals surface area contributed by atoms with Gasteiger partial charge in [0.05, 0.1) is 6.54 Å². The van der Waals surface area contributed by atoms with E-state index in [1.807, 2.05) is 48.2 Å². The van der Waals surface area contributed by atoms with Crippen LogP contribution in [-0.4, -0.2) is 33.9 Å². The van der Waals surface area contributed by atoms with Crippen LogP contribution in [0.25, 0.3) is 11.5 Å². The Hall–Kier alpha value is -2.70. The number of amides is 1. The third-order valence-electron chi connectivity index (χ3n) is 5.42. The van der Waals surface area contributed by atoms with Gasteiger partial charge < -0.3 is 14.6 Å². The van der Waals surface area contributed by atoms with Crippen molar-refractivity contribution in [1.82, 2.24) is 20.2 Å². The Bertz CT molecular complexity index is 982. The highest BCUT2D eigenvalue weighted by Crippen LogP contribution is 2.25. The van der Waals surface area contributed by atoms with Crippen molar-refractivity contribution in [1.29, 1.82) is 0 Å². The summed E-state index contributed by atoms with van der Waals surface area (Å²) in [7, 11) is 0. The van der Waals surface area contributed by atoms with Gasteiger partial charge in [-0.15, -0.1) is 0 Å². The Morgan fingerprint density at radius 3 is 2.67 bits per heavy atom. The number of carbonyl (C=O) groups is 1. The second kappa shape index (κ2) is 9.41. The highest BCUT2D eigenvalue weighted by molar-refractivity contribution is 6.30. The normalized spacial score (nSPS) is 14.6. The molecule has 0 aliphatic carbocycles. The Labute approximate surface area is 181 Å². The van der Waals surface area contributed by atoms with Crippen molar-refractivity contribution in [3.05, 3.63) is 70.8 Å². The van der Waals surface area contributed by atoms with Gasteiger partial charge in [-0.05, 0) is 68.8 Å². The molecule has 1 fully saturated rings. The molecule has 2 aromatic heterocycles. The summed E-state index contributed by atoms with van der Waals surface area (Å²) in [6, 6.07) is 11.3. The van der Waals surface area contributed by atoms with Crippen molar-refractivity contribution in [2.75, 3.05) is 13.1 Å². The summed E-state index contributed by atoms with van der Waals surface area (Å²) >= 11 is 5.99. The lowest BCUT2D eigenvalue weighted by Gasteiger charge is -2.29. The molecule has 30 heavy (non-hydrogen) atoms. The SMILES string of the molecule is Cc1oc(-c2ccc(Cl)cc2)nc1CN(Cc1cccnc1)C(=O)C1CCNCC1. The Balaban J connectivity index is 1.57. The predicted octanol–water partition coefficient (Wildman–Crippen LogP) is 4.23. The molecule has 1 saturated heterocycles. The first kappa shape index (κ1) is 20.6. The Morgan fingerprint density at radius 1 is 1.20 bits per heavy atom. The van der Waals surface area contributed by atoms with E-state index in [1.54, 1.807) is 12.4 Å². The first-order valence-corrected chi connectivity index (χ1v) is 10.6. The van der Waals surface area contributed by atoms with E-state index in [-0.39, 0.29) is 11.8 Å². The molecule has 1 N–H and O–H groups in total. The van der Waals surface area contributed by atoms with Crippen LogP contribution in [0.4, 0.5) is 0 Å². The molecule has 4 rings (SSSR count). The quantitative estimate of drug-likeness (QED) is 0.641. The number of rotatable bonds is 6. The number of carbonyl (C=O) groups excluding carboxylic acids is 1. The molecule has 0 spiro atoms. The third-order valence-corrected chi connectivity index (χ3v) is 5.67. The maximum atomic E-state index is 13.3. The minimum Gasteiger partial charge on any atom is -0.441 e. The summed E-state index contributed by atoms with van der Waals surface area (Å²) in [5.74, 6) is 1.45. The number of benzene rings is 1. The lowest BCUT2D eigenvalue weighted by Crippen LogP contribution is -2.40. The van der Waals surface area contributed by atoms with Crippen molar-refractivity contribution in [3.63, 3.8) is 0 Å². The average Bonchev–Trinajstić information content (AvgIpc) is 3.15. The number of hydrogen-bond donors (Lipinski definition) is 1. The van der Waals surface area contributed by atoms with Gasteiger partial charge in [-0.3, -0.25) is 9.78 Å². The van der Waals surface area contributed by atoms with E-state index >= 15 is 0 Å². The minimum absolute atomic E-state index is 0.0332. The average molecular weight is 425 g/mol. The van der Waals surface area contributed by atoms with Gasteiger partial charge in [-0.1, -0.05) is 17.7 Å². The fourth-order valence-electron chi connectivity index (χ4n) is 3.72. The third kappa shape index (κ3) is 4.89. The van der Waals surface area contributed by atoms with Crippen LogP contribution in [0.3, 0.4) is 0 Å². The molecule has 0 bridgehead atoms. The minimum atomic E-state index is 0.0332. The van der Waals surface area contributed by atoms with Crippen LogP contribution in [-0.2, 0) is 17.9 Å². The highest BCUT2D eigenvalue weighted by atomic mass is 35.5. The highest BCUT2D eigenvalue weighted by Gasteiger charge is 2.27. The van der Waals surface area contributed by atoms with Gasteiger partial charge in [0.25, 0.3) is 0 Å². The summed E-state index contributed by atoms with van der Waals surface area (Å²) in [4.78, 5) is 24.1. The van der Waals surface area contributed by atoms with E-state index in [1.165, 1.54) is 0 Å². The first-order chi connectivity index (χ1) is 14.6. The second-order valence-electron chi connectivity index (χ2n) is 7.61. The molecule has 3 heterocycles. The van der Waals surface area contributed by atoms with E-state index in [9.17, 15) is 4.79 Å². The van der Waals surface area contributed by atoms with Crippen LogP contribution >= 0.6 is 11.6 Å². The number of hydrogen-bond acceptors (Lipinski definition) is 5. The van der Waals surface area contributed by atoms with Gasteiger partial charge in [0.15, 0.2) is 0 Å². The molecule has 6 nitrogen and oxygen atoms in total. The molecule has 0 saturated carbocycles. The van der Waals surface area contributed by atoms with Crippen LogP contribution < -0.4 is 5.32 Å². The lowest BCUT2D eigenvalue weighted by atomic mass is 9.96. The number of pyridine rings is 1. The summed E-state index contributed by atoms with van der Waals surface area (Å²) in [6.45, 7) is 4.54. The van der Waals surface area contributed by atoms with Crippen LogP contribution in [0.1, 0.15) is 29.9 Å². The second-order valence-corrected chi connectivity index (χ2v) is 8.05. The summed E-state index contributed by atoms with van der Waals surface area (Å²) in [6.07, 6.45) is 5.26. The van der Waals surface area contributed by atoms with Crippen molar-refractivity contribution in [2.45, 2.75) is 32.9 Å². The lowest BCUT2D eigenvalue weighted by molar-refractivity contribution is -0.137. The predicted molar refractivity (Wildman–Crippen MR) is 116 cm³/mol. The Kier molecular flexibility index (Phi) is 6.45. The van der Waals surface area contributed by atoms with E-state index in [2.05, 4.69) is 15.3 Å². The molecular formula is C23H25ClN4O2. The number of aromatic nitrogens is 2. The molecule has 0 unspecified atom stereocenters. The standard InChI is InChI=1S/C23H25ClN4O2/c1-16-21(27-22(30-16)18-4-6-20(24)7-5-18)15-28(14-17-3-2-10-26-13-17)23(29)19-8-11-25-12-9-19/h2-7,10,13,19,25H,8-9,11-12,14-15H2,1H3. The van der Waals surface area contributed by atoms with Gasteiger partial charge in [0.1, 0.15) is 11.5 Å². The topological polar surface area (TPSA) is 71.3 Å². The molecule has 1 amide bonds. The van der Waals surface area contributed by atoms with E-state index in [4.69, 9.17) is 16.0 Å². The zero-order valence-corrected chi connectivity index (χ0v) is 17.7. The molecule has 1 aliphatic heterocycles. The van der Waals surface area contributed by atoms with E-state index < -0.39 is 0 Å². The first-order valence-electron chi connectivity index (χ1n) is 10.2. The zero-order chi connectivity index (χ0) is 20.9. The van der Waals surface area contributed by atoms with Crippen LogP contribution in [0, 0.1) is 12.8 Å². The monoisotopic (exact) mass is 424 g/mol. The fraction of sp³-hybridized carbons (Fsp3) is 0.348. The van der Waals surface area contributed by atoms with Crippen molar-refractivity contribution >= 4 is 17.5 Å². The molecule has 1 aromatic carbocycles. The van der Waals surface area contributed by atoms with Crippen LogP contribution in [0.2, 0.25) is 5.02 Å². The van der Waals surface area contributed by atoms with Crippen LogP contribution in [0.15, 0.2) is 53.2 Å². The molecule has 0 atom stereocenters. The van der Waals surface area contributed by atoms with Gasteiger partial charge in [0, 0.05) is 35.4 Å². The number of nitrogens with one attached hydrogen (secondary N) is 1. The largest absolute Gasteiger partial charge is 0.441 e. The van der Waals surface area contributed by atoms with Gasteiger partial charge in [-0.25, -0.2) is 4.98 Å². The smallest absolute Gasteiger partial charge is 0.226 e. The molecule has 0 radical (unpaired) electrons. The molecule has 156 valence electrons.